The van der Waals surface area contributed by atoms with Gasteiger partial charge in [0.2, 0.25) is 0 Å². The fourth-order valence-corrected chi connectivity index (χ4v) is 3.14. The first kappa shape index (κ1) is 16.5. The maximum Gasteiger partial charge on any atom is 0.187 e. The Morgan fingerprint density at radius 3 is 2.86 bits per heavy atom. The van der Waals surface area contributed by atoms with Crippen LogP contribution in [0.3, 0.4) is 0 Å². The van der Waals surface area contributed by atoms with E-state index in [-0.39, 0.29) is 17.7 Å². The second-order valence-corrected chi connectivity index (χ2v) is 6.55. The Bertz CT molecular complexity index is 486. The number of aromatic nitrogens is 2. The van der Waals surface area contributed by atoms with Gasteiger partial charge in [0.25, 0.3) is 0 Å². The van der Waals surface area contributed by atoms with E-state index in [0.717, 1.165) is 38.6 Å². The lowest BCUT2D eigenvalue weighted by Crippen LogP contribution is -2.36. The molecule has 5 nitrogen and oxygen atoms in total. The largest absolute Gasteiger partial charge is 0.327 e. The highest BCUT2D eigenvalue weighted by molar-refractivity contribution is 6.33. The molecule has 1 aromatic heterocycles. The summed E-state index contributed by atoms with van der Waals surface area (Å²) in [6.45, 7) is 1.47. The Kier molecular flexibility index (Phi) is 5.79. The van der Waals surface area contributed by atoms with Gasteiger partial charge in [0.1, 0.15) is 5.69 Å². The molecule has 0 amide bonds. The van der Waals surface area contributed by atoms with Crippen molar-refractivity contribution >= 4 is 17.4 Å². The van der Waals surface area contributed by atoms with Crippen molar-refractivity contribution in [1.82, 2.24) is 14.7 Å². The average Bonchev–Trinajstić information content (AvgIpc) is 2.66. The van der Waals surface area contributed by atoms with E-state index >= 15 is 0 Å². The Balaban J connectivity index is 2.19. The van der Waals surface area contributed by atoms with Gasteiger partial charge >= 0.3 is 0 Å². The standard InChI is InChI=1S/C15H25ClN4O/c1-19(2)8-9-20-14(12(16)10-18-20)15(21)11-6-4-3-5-7-13(11)17/h10-11,13H,3-9,17H2,1-2H3. The molecule has 1 aromatic rings. The lowest BCUT2D eigenvalue weighted by molar-refractivity contribution is 0.0883. The minimum absolute atomic E-state index is 0.0608. The summed E-state index contributed by atoms with van der Waals surface area (Å²) in [7, 11) is 3.99. The summed E-state index contributed by atoms with van der Waals surface area (Å²) in [6.07, 6.45) is 6.67. The quantitative estimate of drug-likeness (QED) is 0.668. The second-order valence-electron chi connectivity index (χ2n) is 6.14. The topological polar surface area (TPSA) is 64.2 Å². The molecular weight excluding hydrogens is 288 g/mol. The molecule has 1 fully saturated rings. The van der Waals surface area contributed by atoms with Crippen molar-refractivity contribution in [2.45, 2.75) is 44.7 Å². The van der Waals surface area contributed by atoms with E-state index in [2.05, 4.69) is 10.00 Å². The molecule has 118 valence electrons. The third-order valence-electron chi connectivity index (χ3n) is 4.19. The second kappa shape index (κ2) is 7.38. The molecule has 2 N–H and O–H groups in total. The smallest absolute Gasteiger partial charge is 0.187 e. The molecule has 1 heterocycles. The SMILES string of the molecule is CN(C)CCn1ncc(Cl)c1C(=O)C1CCCCCC1N. The Labute approximate surface area is 131 Å². The number of nitrogens with two attached hydrogens (primary N) is 1. The predicted molar refractivity (Wildman–Crippen MR) is 84.7 cm³/mol. The van der Waals surface area contributed by atoms with Gasteiger partial charge in [-0.15, -0.1) is 0 Å². The molecule has 1 saturated carbocycles. The number of ketones is 1. The van der Waals surface area contributed by atoms with E-state index in [4.69, 9.17) is 17.3 Å². The zero-order valence-corrected chi connectivity index (χ0v) is 13.6. The fourth-order valence-electron chi connectivity index (χ4n) is 2.91. The summed E-state index contributed by atoms with van der Waals surface area (Å²) >= 11 is 6.20. The van der Waals surface area contributed by atoms with Crippen LogP contribution < -0.4 is 5.73 Å². The van der Waals surface area contributed by atoms with Crippen LogP contribution >= 0.6 is 11.6 Å². The average molecular weight is 313 g/mol. The lowest BCUT2D eigenvalue weighted by Gasteiger charge is -2.21. The zero-order chi connectivity index (χ0) is 15.4. The first-order valence-corrected chi connectivity index (χ1v) is 8.04. The molecule has 21 heavy (non-hydrogen) atoms. The van der Waals surface area contributed by atoms with Crippen LogP contribution in [0.15, 0.2) is 6.20 Å². The normalized spacial score (nSPS) is 23.3. The van der Waals surface area contributed by atoms with E-state index in [9.17, 15) is 4.79 Å². The first-order valence-electron chi connectivity index (χ1n) is 7.66. The predicted octanol–water partition coefficient (Wildman–Crippen LogP) is 2.19. The minimum Gasteiger partial charge on any atom is -0.327 e. The van der Waals surface area contributed by atoms with Crippen LogP contribution in [0.5, 0.6) is 0 Å². The molecule has 6 heteroatoms. The van der Waals surface area contributed by atoms with Crippen molar-refractivity contribution in [2.24, 2.45) is 11.7 Å². The summed E-state index contributed by atoms with van der Waals surface area (Å²) in [5, 5.41) is 4.69. The lowest BCUT2D eigenvalue weighted by atomic mass is 9.89. The van der Waals surface area contributed by atoms with Gasteiger partial charge in [-0.3, -0.25) is 9.48 Å². The van der Waals surface area contributed by atoms with Crippen LogP contribution in [0, 0.1) is 5.92 Å². The Morgan fingerprint density at radius 2 is 2.14 bits per heavy atom. The monoisotopic (exact) mass is 312 g/mol. The van der Waals surface area contributed by atoms with Crippen molar-refractivity contribution in [1.29, 1.82) is 0 Å². The first-order chi connectivity index (χ1) is 10.0. The van der Waals surface area contributed by atoms with Crippen LogP contribution in [0.1, 0.15) is 42.6 Å². The number of nitrogens with zero attached hydrogens (tertiary/aromatic N) is 3. The van der Waals surface area contributed by atoms with Crippen molar-refractivity contribution < 1.29 is 4.79 Å². The van der Waals surface area contributed by atoms with Gasteiger partial charge in [0.15, 0.2) is 5.78 Å². The zero-order valence-electron chi connectivity index (χ0n) is 12.9. The summed E-state index contributed by atoms with van der Waals surface area (Å²) in [4.78, 5) is 14.9. The highest BCUT2D eigenvalue weighted by atomic mass is 35.5. The maximum absolute atomic E-state index is 12.9. The van der Waals surface area contributed by atoms with Crippen LogP contribution in [0.4, 0.5) is 0 Å². The van der Waals surface area contributed by atoms with Gasteiger partial charge in [-0.1, -0.05) is 30.9 Å². The molecule has 1 aliphatic rings. The van der Waals surface area contributed by atoms with Crippen LogP contribution in [0.2, 0.25) is 5.02 Å². The molecule has 2 unspecified atom stereocenters. The summed E-state index contributed by atoms with van der Waals surface area (Å²) < 4.78 is 1.72. The molecular formula is C15H25ClN4O. The third-order valence-corrected chi connectivity index (χ3v) is 4.47. The van der Waals surface area contributed by atoms with E-state index in [1.165, 1.54) is 0 Å². The van der Waals surface area contributed by atoms with Crippen LogP contribution in [-0.4, -0.2) is 47.1 Å². The number of rotatable bonds is 5. The van der Waals surface area contributed by atoms with E-state index in [0.29, 0.717) is 17.3 Å². The molecule has 0 radical (unpaired) electrons. The number of hydrogen-bond donors (Lipinski definition) is 1. The number of Topliss-reactive ketones (excluding diaryl/α,β-unsaturated/α-hetero) is 1. The minimum atomic E-state index is -0.125. The summed E-state index contributed by atoms with van der Waals surface area (Å²) in [5.41, 5.74) is 6.74. The highest BCUT2D eigenvalue weighted by Crippen LogP contribution is 2.28. The molecule has 0 spiro atoms. The van der Waals surface area contributed by atoms with Gasteiger partial charge in [-0.05, 0) is 26.9 Å². The third kappa shape index (κ3) is 4.05. The highest BCUT2D eigenvalue weighted by Gasteiger charge is 2.31. The van der Waals surface area contributed by atoms with Crippen molar-refractivity contribution in [2.75, 3.05) is 20.6 Å². The molecule has 0 bridgehead atoms. The molecule has 0 aliphatic heterocycles. The van der Waals surface area contributed by atoms with Gasteiger partial charge in [0, 0.05) is 18.5 Å². The van der Waals surface area contributed by atoms with E-state index in [1.54, 1.807) is 10.9 Å². The Morgan fingerprint density at radius 1 is 1.43 bits per heavy atom. The molecule has 2 atom stereocenters. The number of halogens is 1. The van der Waals surface area contributed by atoms with Gasteiger partial charge in [-0.2, -0.15) is 5.10 Å². The molecule has 2 rings (SSSR count). The van der Waals surface area contributed by atoms with Crippen LogP contribution in [-0.2, 0) is 6.54 Å². The van der Waals surface area contributed by atoms with Gasteiger partial charge < -0.3 is 10.6 Å². The van der Waals surface area contributed by atoms with E-state index in [1.807, 2.05) is 14.1 Å². The number of carbonyl (C=O) groups is 1. The fraction of sp³-hybridized carbons (Fsp3) is 0.733. The van der Waals surface area contributed by atoms with Crippen LogP contribution in [0.25, 0.3) is 0 Å². The summed E-state index contributed by atoms with van der Waals surface area (Å²) in [6, 6.07) is -0.0618. The number of carbonyl (C=O) groups excluding carboxylic acids is 1. The van der Waals surface area contributed by atoms with Crippen molar-refractivity contribution in [3.63, 3.8) is 0 Å². The number of likely N-dealkylation sites (N-methyl/N-ethyl adjacent to an activating group) is 1. The van der Waals surface area contributed by atoms with Crippen molar-refractivity contribution in [3.05, 3.63) is 16.9 Å². The van der Waals surface area contributed by atoms with Gasteiger partial charge in [-0.25, -0.2) is 0 Å². The maximum atomic E-state index is 12.9. The van der Waals surface area contributed by atoms with E-state index < -0.39 is 0 Å². The molecule has 1 aliphatic carbocycles. The summed E-state index contributed by atoms with van der Waals surface area (Å²) in [5.74, 6) is -0.0644. The number of hydrogen-bond acceptors (Lipinski definition) is 4. The van der Waals surface area contributed by atoms with Crippen molar-refractivity contribution in [3.8, 4) is 0 Å². The molecule has 0 saturated heterocycles. The Hall–Kier alpha value is -0.910. The molecule has 0 aromatic carbocycles. The van der Waals surface area contributed by atoms with Gasteiger partial charge in [0.05, 0.1) is 17.8 Å².